The Hall–Kier alpha value is -4.54. The van der Waals surface area contributed by atoms with Gasteiger partial charge in [-0.25, -0.2) is 4.79 Å². The molecule has 0 aromatic carbocycles. The van der Waals surface area contributed by atoms with Gasteiger partial charge in [0.05, 0.1) is 25.6 Å². The van der Waals surface area contributed by atoms with Gasteiger partial charge in [0.1, 0.15) is 36.3 Å². The molecule has 0 saturated carbocycles. The maximum atomic E-state index is 13.2. The quantitative estimate of drug-likeness (QED) is 0.0275. The van der Waals surface area contributed by atoms with Gasteiger partial charge in [-0.05, 0) is 44.6 Å². The van der Waals surface area contributed by atoms with E-state index in [9.17, 15) is 53.4 Å². The van der Waals surface area contributed by atoms with E-state index in [2.05, 4.69) is 49.8 Å². The number of aliphatic carboxylic acids is 1. The summed E-state index contributed by atoms with van der Waals surface area (Å²) in [7, 11) is 0. The Morgan fingerprint density at radius 3 is 1.75 bits per heavy atom. The van der Waals surface area contributed by atoms with Gasteiger partial charge in [0.15, 0.2) is 0 Å². The smallest absolute Gasteiger partial charge is 0.326 e. The minimum atomic E-state index is -1.62. The molecule has 0 radical (unpaired) electrons. The fraction of sp³-hybridized carbons (Fsp3) is 0.727. The molecule has 22 heteroatoms. The van der Waals surface area contributed by atoms with Gasteiger partial charge in [0.2, 0.25) is 47.3 Å². The molecule has 0 aliphatic heterocycles. The number of hydrogen-bond acceptors (Lipinski definition) is 13. The summed E-state index contributed by atoms with van der Waals surface area (Å²) in [4.78, 5) is 113. The van der Waals surface area contributed by atoms with Crippen LogP contribution in [0.5, 0.6) is 0 Å². The van der Waals surface area contributed by atoms with Crippen LogP contribution in [-0.4, -0.2) is 131 Å². The van der Waals surface area contributed by atoms with Crippen molar-refractivity contribution >= 4 is 65.9 Å². The Bertz CT molecular complexity index is 1340. The molecule has 8 amide bonds. The third-order valence-electron chi connectivity index (χ3n) is 8.78. The summed E-state index contributed by atoms with van der Waals surface area (Å²) < 4.78 is 0. The first-order valence-electron chi connectivity index (χ1n) is 18.0. The SMILES string of the molecule is CC[C@H](C)[C@H](N)C(=O)N[C@H](C(=O)N[C@@H](CO)C(=O)N[C@@H](C)C(=O)N[C@@H](CC(N)=O)C(=O)NCC(=O)N[C@@H](CS)C(=O)N[C@@H](CCCCN)C(=O)O)[C@@H](C)CC. The molecular weight excluding hydrogens is 744 g/mol. The number of carbonyl (C=O) groups is 9. The predicted molar refractivity (Wildman–Crippen MR) is 202 cm³/mol. The highest BCUT2D eigenvalue weighted by Gasteiger charge is 2.33. The topological polar surface area (TPSA) is 356 Å². The Balaban J connectivity index is 5.47. The van der Waals surface area contributed by atoms with Crippen LogP contribution in [0.15, 0.2) is 0 Å². The highest BCUT2D eigenvalue weighted by molar-refractivity contribution is 7.80. The second kappa shape index (κ2) is 26.3. The van der Waals surface area contributed by atoms with Crippen LogP contribution in [0.4, 0.5) is 0 Å². The summed E-state index contributed by atoms with van der Waals surface area (Å²) in [5.74, 6) is -9.19. The molecule has 0 spiro atoms. The van der Waals surface area contributed by atoms with Gasteiger partial charge in [0.25, 0.3) is 0 Å². The number of carboxylic acids is 1. The molecule has 9 atom stereocenters. The monoisotopic (exact) mass is 804 g/mol. The number of hydrogen-bond donors (Lipinski definition) is 13. The van der Waals surface area contributed by atoms with Crippen LogP contribution < -0.4 is 54.4 Å². The van der Waals surface area contributed by atoms with Gasteiger partial charge in [-0.15, -0.1) is 0 Å². The first-order chi connectivity index (χ1) is 25.8. The molecule has 0 aliphatic carbocycles. The largest absolute Gasteiger partial charge is 0.480 e. The number of unbranched alkanes of at least 4 members (excludes halogenated alkanes) is 1. The minimum absolute atomic E-state index is 0.101. The van der Waals surface area contributed by atoms with Gasteiger partial charge in [-0.3, -0.25) is 38.4 Å². The first kappa shape index (κ1) is 50.5. The summed E-state index contributed by atoms with van der Waals surface area (Å²) in [6.07, 6.45) is 1.44. The van der Waals surface area contributed by atoms with Crippen molar-refractivity contribution in [3.63, 3.8) is 0 Å². The van der Waals surface area contributed by atoms with Crippen molar-refractivity contribution in [3.05, 3.63) is 0 Å². The normalized spacial score (nSPS) is 15.9. The summed E-state index contributed by atoms with van der Waals surface area (Å²) in [5.41, 5.74) is 16.7. The maximum absolute atomic E-state index is 13.2. The number of thiol groups is 1. The second-order valence-electron chi connectivity index (χ2n) is 13.2. The molecule has 0 rings (SSSR count). The fourth-order valence-electron chi connectivity index (χ4n) is 4.76. The summed E-state index contributed by atoms with van der Waals surface area (Å²) >= 11 is 4.02. The third kappa shape index (κ3) is 18.6. The highest BCUT2D eigenvalue weighted by Crippen LogP contribution is 2.11. The molecule has 21 nitrogen and oxygen atoms in total. The zero-order valence-electron chi connectivity index (χ0n) is 32.0. The predicted octanol–water partition coefficient (Wildman–Crippen LogP) is -4.54. The third-order valence-corrected chi connectivity index (χ3v) is 9.14. The molecule has 0 aromatic rings. The number of aliphatic hydroxyl groups excluding tert-OH is 1. The van der Waals surface area contributed by atoms with Crippen LogP contribution in [0, 0.1) is 11.8 Å². The van der Waals surface area contributed by atoms with Crippen molar-refractivity contribution in [2.75, 3.05) is 25.4 Å². The second-order valence-corrected chi connectivity index (χ2v) is 13.6. The number of nitrogens with two attached hydrogens (primary N) is 3. The maximum Gasteiger partial charge on any atom is 0.326 e. The Morgan fingerprint density at radius 2 is 1.24 bits per heavy atom. The Morgan fingerprint density at radius 1 is 0.673 bits per heavy atom. The summed E-state index contributed by atoms with van der Waals surface area (Å²) in [6, 6.07) is -9.10. The van der Waals surface area contributed by atoms with E-state index in [0.29, 0.717) is 32.2 Å². The van der Waals surface area contributed by atoms with E-state index in [1.165, 1.54) is 6.92 Å². The van der Waals surface area contributed by atoms with Gasteiger partial charge in [0, 0.05) is 5.75 Å². The summed E-state index contributed by atoms with van der Waals surface area (Å²) in [5, 5.41) is 35.6. The number of aliphatic hydroxyl groups is 1. The van der Waals surface area contributed by atoms with Gasteiger partial charge >= 0.3 is 5.97 Å². The fourth-order valence-corrected chi connectivity index (χ4v) is 5.02. The molecule has 0 aromatic heterocycles. The van der Waals surface area contributed by atoms with Crippen LogP contribution >= 0.6 is 12.6 Å². The van der Waals surface area contributed by atoms with Gasteiger partial charge in [-0.2, -0.15) is 12.6 Å². The zero-order chi connectivity index (χ0) is 42.4. The van der Waals surface area contributed by atoms with Crippen molar-refractivity contribution in [2.45, 2.75) is 115 Å². The number of carbonyl (C=O) groups excluding carboxylic acids is 8. The summed E-state index contributed by atoms with van der Waals surface area (Å²) in [6.45, 7) is 7.05. The van der Waals surface area contributed by atoms with Crippen molar-refractivity contribution in [3.8, 4) is 0 Å². The average molecular weight is 805 g/mol. The van der Waals surface area contributed by atoms with Gasteiger partial charge in [-0.1, -0.05) is 40.5 Å². The number of nitrogens with one attached hydrogen (secondary N) is 7. The van der Waals surface area contributed by atoms with E-state index in [4.69, 9.17) is 17.2 Å². The molecule has 0 bridgehead atoms. The number of carboxylic acid groups (broad SMARTS) is 1. The van der Waals surface area contributed by atoms with Crippen molar-refractivity contribution in [2.24, 2.45) is 29.0 Å². The lowest BCUT2D eigenvalue weighted by molar-refractivity contribution is -0.142. The molecule has 0 fully saturated rings. The number of primary amides is 1. The van der Waals surface area contributed by atoms with Crippen LogP contribution in [0.3, 0.4) is 0 Å². The number of amides is 8. The molecule has 55 heavy (non-hydrogen) atoms. The van der Waals surface area contributed by atoms with Crippen LogP contribution in [0.1, 0.15) is 73.1 Å². The standard InChI is InChI=1S/C33H60N10O11S/c1-6-16(3)25(36)31(51)43-26(17(4)7-2)32(52)42-21(14-44)29(49)38-18(5)27(47)41-20(12-23(35)45)28(48)37-13-24(46)39-22(15-55)30(50)40-19(33(53)54)10-8-9-11-34/h16-22,25-26,44,55H,6-15,34,36H2,1-5H3,(H2,35,45)(H,37,48)(H,38,49)(H,39,46)(H,40,50)(H,41,47)(H,42,52)(H,43,51)(H,53,54)/t16-,17-,18-,19-,20-,21-,22-,25-,26-/m0/s1. The van der Waals surface area contributed by atoms with Crippen molar-refractivity contribution in [1.29, 1.82) is 0 Å². The number of rotatable bonds is 27. The zero-order valence-corrected chi connectivity index (χ0v) is 32.9. The van der Waals surface area contributed by atoms with E-state index in [-0.39, 0.29) is 18.1 Å². The molecule has 0 heterocycles. The first-order valence-corrected chi connectivity index (χ1v) is 18.7. The molecule has 0 unspecified atom stereocenters. The Kier molecular flexibility index (Phi) is 24.1. The minimum Gasteiger partial charge on any atom is -0.480 e. The van der Waals surface area contributed by atoms with E-state index in [1.807, 2.05) is 6.92 Å². The van der Waals surface area contributed by atoms with E-state index in [1.54, 1.807) is 20.8 Å². The van der Waals surface area contributed by atoms with Crippen LogP contribution in [-0.2, 0) is 43.2 Å². The van der Waals surface area contributed by atoms with Crippen molar-refractivity contribution < 1.29 is 53.4 Å². The highest BCUT2D eigenvalue weighted by atomic mass is 32.1. The lowest BCUT2D eigenvalue weighted by atomic mass is 9.95. The van der Waals surface area contributed by atoms with E-state index >= 15 is 0 Å². The molecule has 314 valence electrons. The lowest BCUT2D eigenvalue weighted by Gasteiger charge is -2.28. The molecular formula is C33H60N10O11S. The molecule has 0 saturated heterocycles. The van der Waals surface area contributed by atoms with Crippen LogP contribution in [0.25, 0.3) is 0 Å². The van der Waals surface area contributed by atoms with Crippen LogP contribution in [0.2, 0.25) is 0 Å². The molecule has 0 aliphatic rings. The molecule has 15 N–H and O–H groups in total. The lowest BCUT2D eigenvalue weighted by Crippen LogP contribution is -2.60. The van der Waals surface area contributed by atoms with Gasteiger partial charge < -0.3 is 64.6 Å². The van der Waals surface area contributed by atoms with Crippen molar-refractivity contribution in [1.82, 2.24) is 37.2 Å². The Labute approximate surface area is 325 Å². The average Bonchev–Trinajstić information content (AvgIpc) is 3.14. The van der Waals surface area contributed by atoms with E-state index < -0.39 is 121 Å². The van der Waals surface area contributed by atoms with E-state index in [0.717, 1.165) is 0 Å².